The van der Waals surface area contributed by atoms with Gasteiger partial charge in [0, 0.05) is 18.0 Å². The molecule has 0 saturated heterocycles. The Labute approximate surface area is 172 Å². The number of aliphatic hydroxyl groups excluding tert-OH is 1. The summed E-state index contributed by atoms with van der Waals surface area (Å²) in [7, 11) is 2.03. The van der Waals surface area contributed by atoms with Crippen molar-refractivity contribution in [2.24, 2.45) is 5.92 Å². The van der Waals surface area contributed by atoms with Crippen LogP contribution >= 0.6 is 15.9 Å². The van der Waals surface area contributed by atoms with E-state index in [0.717, 1.165) is 38.6 Å². The van der Waals surface area contributed by atoms with Crippen molar-refractivity contribution in [1.82, 2.24) is 14.8 Å². The molecule has 2 N–H and O–H groups in total. The number of aliphatic hydroxyl groups is 1. The molecular formula is C21H25BrFN3O2. The third kappa shape index (κ3) is 3.00. The largest absolute Gasteiger partial charge is 0.394 e. The smallest absolute Gasteiger partial charge is 0.228 e. The molecule has 0 bridgehead atoms. The summed E-state index contributed by atoms with van der Waals surface area (Å²) in [5.41, 5.74) is 4.22. The highest BCUT2D eigenvalue weighted by Gasteiger charge is 2.37. The van der Waals surface area contributed by atoms with Gasteiger partial charge in [-0.2, -0.15) is 0 Å². The van der Waals surface area contributed by atoms with Crippen molar-refractivity contribution in [2.45, 2.75) is 38.6 Å². The second-order valence-corrected chi connectivity index (χ2v) is 8.45. The van der Waals surface area contributed by atoms with E-state index in [9.17, 15) is 14.3 Å². The molecule has 1 amide bonds. The standard InChI is InChI=1S/C21H25BrFN3O2/c1-3-13(10-27)24-21(28)12-7-15-14-5-4-6-17-19(14)16(20(22)26(17)11-23)8-18(15)25(2)9-12/h4-7,12-13,18,27H,3,8-11H2,1-2H3,(H,24,28)/t12-,13+,18-/m1/s1. The summed E-state index contributed by atoms with van der Waals surface area (Å²) in [6, 6.07) is 5.90. The average molecular weight is 450 g/mol. The third-order valence-electron chi connectivity index (χ3n) is 6.10. The fraction of sp³-hybridized carbons (Fsp3) is 0.476. The predicted octanol–water partition coefficient (Wildman–Crippen LogP) is 3.09. The summed E-state index contributed by atoms with van der Waals surface area (Å²) < 4.78 is 16.1. The van der Waals surface area contributed by atoms with Crippen molar-refractivity contribution in [1.29, 1.82) is 0 Å². The summed E-state index contributed by atoms with van der Waals surface area (Å²) in [6.45, 7) is 1.93. The van der Waals surface area contributed by atoms with Gasteiger partial charge in [-0.15, -0.1) is 0 Å². The van der Waals surface area contributed by atoms with Crippen molar-refractivity contribution in [2.75, 3.05) is 20.2 Å². The molecule has 0 radical (unpaired) electrons. The number of likely N-dealkylation sites (N-methyl/N-ethyl adjacent to an activating group) is 1. The van der Waals surface area contributed by atoms with Crippen LogP contribution in [0.4, 0.5) is 4.39 Å². The Bertz CT molecular complexity index is 951. The Kier molecular flexibility index (Phi) is 5.33. The number of hydrogen-bond donors (Lipinski definition) is 2. The monoisotopic (exact) mass is 449 g/mol. The van der Waals surface area contributed by atoms with E-state index in [1.807, 2.05) is 26.1 Å². The number of fused-ring (bicyclic) bond motifs is 2. The lowest BCUT2D eigenvalue weighted by atomic mass is 9.79. The van der Waals surface area contributed by atoms with Gasteiger partial charge < -0.3 is 15.0 Å². The SMILES string of the molecule is CC[C@@H](CO)NC(=O)[C@@H]1C=C2c3cccc4c3c(c(Br)n4CF)C[C@H]2N(C)C1. The number of rotatable bonds is 5. The van der Waals surface area contributed by atoms with Gasteiger partial charge in [-0.05, 0) is 58.6 Å². The maximum atomic E-state index is 13.7. The first-order valence-corrected chi connectivity index (χ1v) is 10.5. The normalized spacial score (nSPS) is 22.7. The van der Waals surface area contributed by atoms with Crippen LogP contribution < -0.4 is 5.32 Å². The fourth-order valence-electron chi connectivity index (χ4n) is 4.53. The van der Waals surface area contributed by atoms with Crippen molar-refractivity contribution in [3.05, 3.63) is 40.0 Å². The molecule has 2 aliphatic rings. The topological polar surface area (TPSA) is 57.5 Å². The third-order valence-corrected chi connectivity index (χ3v) is 7.01. The van der Waals surface area contributed by atoms with E-state index in [0.29, 0.717) is 13.0 Å². The van der Waals surface area contributed by atoms with E-state index < -0.39 is 6.80 Å². The first-order valence-electron chi connectivity index (χ1n) is 9.69. The van der Waals surface area contributed by atoms with Crippen LogP contribution in [-0.2, 0) is 18.0 Å². The first kappa shape index (κ1) is 19.6. The molecule has 0 unspecified atom stereocenters. The van der Waals surface area contributed by atoms with Gasteiger partial charge in [0.15, 0.2) is 6.80 Å². The maximum Gasteiger partial charge on any atom is 0.228 e. The lowest BCUT2D eigenvalue weighted by Crippen LogP contribution is -2.48. The zero-order valence-corrected chi connectivity index (χ0v) is 17.7. The van der Waals surface area contributed by atoms with Crippen molar-refractivity contribution in [3.63, 3.8) is 0 Å². The predicted molar refractivity (Wildman–Crippen MR) is 112 cm³/mol. The second-order valence-electron chi connectivity index (χ2n) is 7.70. The zero-order valence-electron chi connectivity index (χ0n) is 16.1. The van der Waals surface area contributed by atoms with Gasteiger partial charge in [0.2, 0.25) is 5.91 Å². The maximum absolute atomic E-state index is 13.7. The quantitative estimate of drug-likeness (QED) is 0.737. The van der Waals surface area contributed by atoms with E-state index in [1.165, 1.54) is 0 Å². The number of nitrogens with zero attached hydrogens (tertiary/aromatic N) is 2. The van der Waals surface area contributed by atoms with E-state index in [2.05, 4.69) is 38.3 Å². The van der Waals surface area contributed by atoms with Gasteiger partial charge in [0.1, 0.15) is 0 Å². The Morgan fingerprint density at radius 2 is 2.25 bits per heavy atom. The van der Waals surface area contributed by atoms with Gasteiger partial charge in [0.25, 0.3) is 0 Å². The van der Waals surface area contributed by atoms with Crippen LogP contribution in [0.2, 0.25) is 0 Å². The molecule has 1 aliphatic heterocycles. The molecule has 1 aromatic carbocycles. The van der Waals surface area contributed by atoms with Gasteiger partial charge in [0.05, 0.1) is 28.7 Å². The van der Waals surface area contributed by atoms with Crippen LogP contribution in [0.15, 0.2) is 28.9 Å². The Morgan fingerprint density at radius 1 is 1.46 bits per heavy atom. The van der Waals surface area contributed by atoms with Crippen LogP contribution in [0.3, 0.4) is 0 Å². The molecule has 3 atom stereocenters. The number of nitrogens with one attached hydrogen (secondary N) is 1. The first-order chi connectivity index (χ1) is 13.5. The van der Waals surface area contributed by atoms with Gasteiger partial charge >= 0.3 is 0 Å². The molecule has 1 aromatic heterocycles. The summed E-state index contributed by atoms with van der Waals surface area (Å²) in [6.07, 6.45) is 3.55. The Hall–Kier alpha value is -1.70. The number of aromatic nitrogens is 1. The van der Waals surface area contributed by atoms with E-state index >= 15 is 0 Å². The number of halogens is 2. The van der Waals surface area contributed by atoms with Crippen molar-refractivity contribution >= 4 is 38.3 Å². The van der Waals surface area contributed by atoms with Crippen LogP contribution in [0.1, 0.15) is 24.5 Å². The number of alkyl halides is 1. The molecule has 150 valence electrons. The van der Waals surface area contributed by atoms with E-state index in [-0.39, 0.29) is 30.5 Å². The molecule has 7 heteroatoms. The Balaban J connectivity index is 1.78. The lowest BCUT2D eigenvalue weighted by Gasteiger charge is -2.39. The molecule has 2 heterocycles. The van der Waals surface area contributed by atoms with E-state index in [1.54, 1.807) is 4.57 Å². The van der Waals surface area contributed by atoms with Crippen molar-refractivity contribution < 1.29 is 14.3 Å². The minimum Gasteiger partial charge on any atom is -0.394 e. The number of benzene rings is 1. The minimum atomic E-state index is -0.579. The summed E-state index contributed by atoms with van der Waals surface area (Å²) in [5, 5.41) is 13.4. The highest BCUT2D eigenvalue weighted by molar-refractivity contribution is 9.10. The molecule has 2 aromatic rings. The molecular weight excluding hydrogens is 425 g/mol. The number of carbonyl (C=O) groups is 1. The number of amides is 1. The highest BCUT2D eigenvalue weighted by atomic mass is 79.9. The number of hydrogen-bond acceptors (Lipinski definition) is 3. The molecule has 1 aliphatic carbocycles. The van der Waals surface area contributed by atoms with Crippen LogP contribution in [0.5, 0.6) is 0 Å². The van der Waals surface area contributed by atoms with E-state index in [4.69, 9.17) is 0 Å². The van der Waals surface area contributed by atoms with Crippen LogP contribution in [0, 0.1) is 5.92 Å². The van der Waals surface area contributed by atoms with Crippen LogP contribution in [-0.4, -0.2) is 52.8 Å². The van der Waals surface area contributed by atoms with Crippen LogP contribution in [0.25, 0.3) is 16.5 Å². The number of carbonyl (C=O) groups excluding carboxylic acids is 1. The van der Waals surface area contributed by atoms with Gasteiger partial charge in [-0.25, -0.2) is 4.39 Å². The Morgan fingerprint density at radius 3 is 2.93 bits per heavy atom. The summed E-state index contributed by atoms with van der Waals surface area (Å²) >= 11 is 3.59. The van der Waals surface area contributed by atoms with Gasteiger partial charge in [-0.1, -0.05) is 25.1 Å². The van der Waals surface area contributed by atoms with Crippen molar-refractivity contribution in [3.8, 4) is 0 Å². The highest BCUT2D eigenvalue weighted by Crippen LogP contribution is 2.44. The summed E-state index contributed by atoms with van der Waals surface area (Å²) in [4.78, 5) is 15.0. The minimum absolute atomic E-state index is 0.0563. The molecule has 0 spiro atoms. The molecule has 28 heavy (non-hydrogen) atoms. The molecule has 0 saturated carbocycles. The molecule has 0 fully saturated rings. The average Bonchev–Trinajstić information content (AvgIpc) is 2.98. The lowest BCUT2D eigenvalue weighted by molar-refractivity contribution is -0.125. The second kappa shape index (κ2) is 7.61. The molecule has 4 rings (SSSR count). The zero-order chi connectivity index (χ0) is 20.0. The fourth-order valence-corrected chi connectivity index (χ4v) is 5.17. The molecule has 5 nitrogen and oxygen atoms in total. The van der Waals surface area contributed by atoms with Gasteiger partial charge in [-0.3, -0.25) is 9.69 Å². The summed E-state index contributed by atoms with van der Waals surface area (Å²) in [5.74, 6) is -0.334.